The topological polar surface area (TPSA) is 89.0 Å². The van der Waals surface area contributed by atoms with Crippen molar-refractivity contribution in [2.24, 2.45) is 0 Å². The Bertz CT molecular complexity index is 826. The van der Waals surface area contributed by atoms with E-state index in [-0.39, 0.29) is 6.09 Å². The van der Waals surface area contributed by atoms with Crippen LogP contribution in [0.15, 0.2) is 10.8 Å². The minimum absolute atomic E-state index is 0.272. The van der Waals surface area contributed by atoms with E-state index in [9.17, 15) is 4.79 Å². The summed E-state index contributed by atoms with van der Waals surface area (Å²) in [6.07, 6.45) is 1.14. The van der Waals surface area contributed by atoms with Gasteiger partial charge in [0.25, 0.3) is 0 Å². The second kappa shape index (κ2) is 7.21. The predicted molar refractivity (Wildman–Crippen MR) is 103 cm³/mol. The van der Waals surface area contributed by atoms with Crippen LogP contribution >= 0.6 is 27.5 Å². The molecule has 0 aliphatic carbocycles. The van der Waals surface area contributed by atoms with Crippen molar-refractivity contribution in [1.82, 2.24) is 24.4 Å². The minimum atomic E-state index is -0.488. The number of amides is 1. The van der Waals surface area contributed by atoms with E-state index in [0.717, 1.165) is 18.8 Å². The number of hydrogen-bond acceptors (Lipinski definition) is 6. The number of halogens is 2. The van der Waals surface area contributed by atoms with Crippen molar-refractivity contribution < 1.29 is 9.53 Å². The standard InChI is InChI=1S/C16H22BrClN6O2/c1-16(2,3)26-15(25)23-6-4-22(5-7-23)8-10-12(18)11(17)13-14(19)20-9-21-24(10)13/h9H,4-8H2,1-3H3,(H2,19,20,21). The molecule has 1 aliphatic rings. The number of piperazine rings is 1. The molecule has 3 heterocycles. The van der Waals surface area contributed by atoms with E-state index < -0.39 is 5.60 Å². The van der Waals surface area contributed by atoms with Crippen molar-refractivity contribution in [3.8, 4) is 0 Å². The monoisotopic (exact) mass is 444 g/mol. The first-order valence-electron chi connectivity index (χ1n) is 8.32. The van der Waals surface area contributed by atoms with Crippen LogP contribution in [0.1, 0.15) is 26.5 Å². The number of carbonyl (C=O) groups excluding carboxylic acids is 1. The van der Waals surface area contributed by atoms with Crippen LogP contribution in [0.2, 0.25) is 5.02 Å². The number of nitrogens with zero attached hydrogens (tertiary/aromatic N) is 5. The zero-order valence-corrected chi connectivity index (χ0v) is 17.3. The first-order valence-corrected chi connectivity index (χ1v) is 9.50. The lowest BCUT2D eigenvalue weighted by Crippen LogP contribution is -2.49. The molecule has 3 rings (SSSR count). The average molecular weight is 446 g/mol. The van der Waals surface area contributed by atoms with Crippen LogP contribution in [-0.2, 0) is 11.3 Å². The summed E-state index contributed by atoms with van der Waals surface area (Å²) in [5.74, 6) is 0.370. The third-order valence-electron chi connectivity index (χ3n) is 4.13. The van der Waals surface area contributed by atoms with Crippen molar-refractivity contribution in [2.45, 2.75) is 32.9 Å². The van der Waals surface area contributed by atoms with Gasteiger partial charge in [-0.15, -0.1) is 0 Å². The van der Waals surface area contributed by atoms with Crippen molar-refractivity contribution in [3.63, 3.8) is 0 Å². The molecule has 0 unspecified atom stereocenters. The molecule has 1 fully saturated rings. The van der Waals surface area contributed by atoms with Gasteiger partial charge in [0.15, 0.2) is 5.82 Å². The highest BCUT2D eigenvalue weighted by Gasteiger charge is 2.27. The first-order chi connectivity index (χ1) is 12.2. The van der Waals surface area contributed by atoms with Crippen molar-refractivity contribution in [1.29, 1.82) is 0 Å². The van der Waals surface area contributed by atoms with E-state index in [1.165, 1.54) is 6.33 Å². The molecule has 142 valence electrons. The van der Waals surface area contributed by atoms with Gasteiger partial charge in [0.2, 0.25) is 0 Å². The third kappa shape index (κ3) is 3.89. The summed E-state index contributed by atoms with van der Waals surface area (Å²) in [7, 11) is 0. The Hall–Kier alpha value is -1.58. The summed E-state index contributed by atoms with van der Waals surface area (Å²) >= 11 is 9.95. The van der Waals surface area contributed by atoms with Crippen LogP contribution in [0, 0.1) is 0 Å². The average Bonchev–Trinajstić information content (AvgIpc) is 2.80. The molecule has 8 nitrogen and oxygen atoms in total. The summed E-state index contributed by atoms with van der Waals surface area (Å²) < 4.78 is 7.84. The van der Waals surface area contributed by atoms with E-state index in [1.807, 2.05) is 20.8 Å². The number of ether oxygens (including phenoxy) is 1. The molecule has 0 radical (unpaired) electrons. The molecule has 2 aromatic rings. The van der Waals surface area contributed by atoms with Crippen molar-refractivity contribution in [3.05, 3.63) is 21.5 Å². The van der Waals surface area contributed by atoms with Gasteiger partial charge < -0.3 is 15.4 Å². The second-order valence-corrected chi connectivity index (χ2v) is 8.39. The van der Waals surface area contributed by atoms with Crippen LogP contribution in [0.3, 0.4) is 0 Å². The number of anilines is 1. The smallest absolute Gasteiger partial charge is 0.410 e. The van der Waals surface area contributed by atoms with E-state index in [4.69, 9.17) is 22.1 Å². The largest absolute Gasteiger partial charge is 0.444 e. The molecule has 0 atom stereocenters. The summed E-state index contributed by atoms with van der Waals surface area (Å²) in [5, 5.41) is 4.85. The molecular weight excluding hydrogens is 424 g/mol. The van der Waals surface area contributed by atoms with Crippen LogP contribution < -0.4 is 5.73 Å². The zero-order valence-electron chi connectivity index (χ0n) is 15.0. The highest BCUT2D eigenvalue weighted by molar-refractivity contribution is 9.10. The maximum Gasteiger partial charge on any atom is 0.410 e. The maximum absolute atomic E-state index is 12.2. The van der Waals surface area contributed by atoms with Gasteiger partial charge in [-0.2, -0.15) is 5.10 Å². The maximum atomic E-state index is 12.2. The van der Waals surface area contributed by atoms with E-state index in [0.29, 0.717) is 40.5 Å². The number of hydrogen-bond donors (Lipinski definition) is 1. The van der Waals surface area contributed by atoms with Crippen LogP contribution in [-0.4, -0.2) is 62.3 Å². The molecule has 0 aromatic carbocycles. The van der Waals surface area contributed by atoms with E-state index in [1.54, 1.807) is 9.42 Å². The number of aromatic nitrogens is 3. The molecule has 10 heteroatoms. The zero-order chi connectivity index (χ0) is 19.1. The number of fused-ring (bicyclic) bond motifs is 1. The normalized spacial score (nSPS) is 16.3. The van der Waals surface area contributed by atoms with Gasteiger partial charge in [-0.05, 0) is 36.7 Å². The lowest BCUT2D eigenvalue weighted by atomic mass is 10.2. The molecule has 1 amide bonds. The molecule has 1 aliphatic heterocycles. The van der Waals surface area contributed by atoms with Crippen LogP contribution in [0.4, 0.5) is 10.6 Å². The summed E-state index contributed by atoms with van der Waals surface area (Å²) in [4.78, 5) is 20.1. The van der Waals surface area contributed by atoms with Crippen molar-refractivity contribution >= 4 is 45.0 Å². The minimum Gasteiger partial charge on any atom is -0.444 e. The third-order valence-corrected chi connectivity index (χ3v) is 5.53. The Morgan fingerprint density at radius 1 is 1.35 bits per heavy atom. The molecule has 2 aromatic heterocycles. The Kier molecular flexibility index (Phi) is 5.32. The van der Waals surface area contributed by atoms with Gasteiger partial charge in [0.1, 0.15) is 17.4 Å². The number of carbonyl (C=O) groups is 1. The first kappa shape index (κ1) is 19.2. The Balaban J connectivity index is 1.69. The highest BCUT2D eigenvalue weighted by atomic mass is 79.9. The molecule has 0 saturated carbocycles. The predicted octanol–water partition coefficient (Wildman–Crippen LogP) is 2.78. The van der Waals surface area contributed by atoms with Crippen LogP contribution in [0.5, 0.6) is 0 Å². The number of nitrogens with two attached hydrogens (primary N) is 1. The van der Waals surface area contributed by atoms with Gasteiger partial charge in [-0.1, -0.05) is 11.6 Å². The highest BCUT2D eigenvalue weighted by Crippen LogP contribution is 2.35. The Morgan fingerprint density at radius 3 is 2.62 bits per heavy atom. The Morgan fingerprint density at radius 2 is 2.00 bits per heavy atom. The van der Waals surface area contributed by atoms with Gasteiger partial charge in [-0.25, -0.2) is 14.3 Å². The fourth-order valence-corrected chi connectivity index (χ4v) is 3.69. The fraction of sp³-hybridized carbons (Fsp3) is 0.562. The second-order valence-electron chi connectivity index (χ2n) is 7.22. The van der Waals surface area contributed by atoms with Gasteiger partial charge in [0.05, 0.1) is 15.2 Å². The lowest BCUT2D eigenvalue weighted by molar-refractivity contribution is 0.0138. The molecule has 1 saturated heterocycles. The van der Waals surface area contributed by atoms with Crippen LogP contribution in [0.25, 0.3) is 5.52 Å². The number of rotatable bonds is 2. The van der Waals surface area contributed by atoms with E-state index >= 15 is 0 Å². The summed E-state index contributed by atoms with van der Waals surface area (Å²) in [5.41, 5.74) is 6.96. The van der Waals surface area contributed by atoms with Gasteiger partial charge in [-0.3, -0.25) is 4.90 Å². The van der Waals surface area contributed by atoms with Gasteiger partial charge >= 0.3 is 6.09 Å². The summed E-state index contributed by atoms with van der Waals surface area (Å²) in [6.45, 7) is 8.86. The fourth-order valence-electron chi connectivity index (χ4n) is 2.86. The number of nitrogen functional groups attached to an aromatic ring is 1. The lowest BCUT2D eigenvalue weighted by Gasteiger charge is -2.35. The molecule has 26 heavy (non-hydrogen) atoms. The Labute approximate surface area is 165 Å². The van der Waals surface area contributed by atoms with Gasteiger partial charge in [0, 0.05) is 32.7 Å². The molecule has 2 N–H and O–H groups in total. The molecule has 0 spiro atoms. The van der Waals surface area contributed by atoms with Crippen molar-refractivity contribution in [2.75, 3.05) is 31.9 Å². The molecular formula is C16H22BrClN6O2. The summed E-state index contributed by atoms with van der Waals surface area (Å²) in [6, 6.07) is 0. The SMILES string of the molecule is CC(C)(C)OC(=O)N1CCN(Cc2c(Cl)c(Br)c3c(N)ncnn23)CC1. The van der Waals surface area contributed by atoms with E-state index in [2.05, 4.69) is 30.9 Å². The quantitative estimate of drug-likeness (QED) is 0.764. The molecule has 0 bridgehead atoms.